The fourth-order valence-corrected chi connectivity index (χ4v) is 5.56. The Morgan fingerprint density at radius 3 is 2.43 bits per heavy atom. The van der Waals surface area contributed by atoms with Crippen LogP contribution < -0.4 is 5.32 Å². The first-order chi connectivity index (χ1) is 16.2. The van der Waals surface area contributed by atoms with E-state index in [2.05, 4.69) is 24.1 Å². The van der Waals surface area contributed by atoms with Gasteiger partial charge in [0.2, 0.25) is 5.91 Å². The lowest BCUT2D eigenvalue weighted by Gasteiger charge is -2.48. The number of carboxylic acids is 1. The number of phenols is 1. The minimum absolute atomic E-state index is 0.129. The minimum Gasteiger partial charge on any atom is -0.508 e. The van der Waals surface area contributed by atoms with E-state index in [-0.39, 0.29) is 29.0 Å². The summed E-state index contributed by atoms with van der Waals surface area (Å²) in [5, 5.41) is 23.2. The molecule has 3 rings (SSSR count). The Kier molecular flexibility index (Phi) is 7.56. The van der Waals surface area contributed by atoms with Crippen LogP contribution in [0.25, 0.3) is 0 Å². The van der Waals surface area contributed by atoms with Crippen LogP contribution in [-0.2, 0) is 15.0 Å². The summed E-state index contributed by atoms with van der Waals surface area (Å²) in [6, 6.07) is 4.06. The van der Waals surface area contributed by atoms with Crippen molar-refractivity contribution >= 4 is 17.8 Å². The largest absolute Gasteiger partial charge is 0.508 e. The molecule has 35 heavy (non-hydrogen) atoms. The fraction of sp³-hybridized carbons (Fsp3) is 0.667. The molecule has 1 saturated carbocycles. The summed E-state index contributed by atoms with van der Waals surface area (Å²) in [5.74, 6) is -1.35. The number of benzene rings is 1. The zero-order valence-corrected chi connectivity index (χ0v) is 22.1. The Balaban J connectivity index is 1.75. The summed E-state index contributed by atoms with van der Waals surface area (Å²) >= 11 is 0. The number of nitrogens with zero attached hydrogens (tertiary/aromatic N) is 2. The van der Waals surface area contributed by atoms with Gasteiger partial charge in [0.25, 0.3) is 5.91 Å². The van der Waals surface area contributed by atoms with E-state index in [0.29, 0.717) is 43.0 Å². The van der Waals surface area contributed by atoms with Crippen LogP contribution in [0, 0.1) is 5.41 Å². The molecule has 0 aromatic heterocycles. The molecule has 1 aliphatic heterocycles. The maximum Gasteiger partial charge on any atom is 0.311 e. The van der Waals surface area contributed by atoms with Crippen LogP contribution in [0.4, 0.5) is 0 Å². The molecule has 1 aliphatic carbocycles. The first-order valence-electron chi connectivity index (χ1n) is 12.6. The molecule has 194 valence electrons. The molecule has 8 heteroatoms. The number of likely N-dealkylation sites (tertiary alicyclic amines) is 1. The lowest BCUT2D eigenvalue weighted by Crippen LogP contribution is -2.58. The third-order valence-corrected chi connectivity index (χ3v) is 8.04. The van der Waals surface area contributed by atoms with Crippen molar-refractivity contribution in [3.8, 4) is 5.75 Å². The summed E-state index contributed by atoms with van der Waals surface area (Å²) in [5.41, 5.74) is -0.361. The molecule has 0 radical (unpaired) electrons. The normalized spacial score (nSPS) is 27.5. The van der Waals surface area contributed by atoms with Crippen molar-refractivity contribution in [3.63, 3.8) is 0 Å². The Bertz CT molecular complexity index is 986. The predicted molar refractivity (Wildman–Crippen MR) is 134 cm³/mol. The molecule has 1 aromatic carbocycles. The summed E-state index contributed by atoms with van der Waals surface area (Å²) < 4.78 is 0. The summed E-state index contributed by atoms with van der Waals surface area (Å²) in [6.07, 6.45) is 2.36. The molecule has 4 atom stereocenters. The molecule has 0 unspecified atom stereocenters. The van der Waals surface area contributed by atoms with Crippen LogP contribution in [0.1, 0.15) is 83.1 Å². The molecule has 2 amide bonds. The molecular weight excluding hydrogens is 446 g/mol. The van der Waals surface area contributed by atoms with Crippen molar-refractivity contribution in [3.05, 3.63) is 29.3 Å². The number of aliphatic carboxylic acids is 1. The number of carbonyl (C=O) groups is 3. The van der Waals surface area contributed by atoms with Gasteiger partial charge < -0.3 is 25.3 Å². The topological polar surface area (TPSA) is 110 Å². The van der Waals surface area contributed by atoms with Crippen LogP contribution in [-0.4, -0.2) is 75.6 Å². The number of hydrogen-bond acceptors (Lipinski definition) is 5. The van der Waals surface area contributed by atoms with Gasteiger partial charge in [0.1, 0.15) is 11.8 Å². The van der Waals surface area contributed by atoms with Crippen molar-refractivity contribution in [2.75, 3.05) is 13.6 Å². The third-order valence-electron chi connectivity index (χ3n) is 8.04. The van der Waals surface area contributed by atoms with E-state index < -0.39 is 23.5 Å². The molecule has 0 spiro atoms. The lowest BCUT2D eigenvalue weighted by molar-refractivity contribution is -0.159. The van der Waals surface area contributed by atoms with Gasteiger partial charge in [0, 0.05) is 35.8 Å². The second-order valence-corrected chi connectivity index (χ2v) is 11.8. The Labute approximate surface area is 208 Å². The van der Waals surface area contributed by atoms with E-state index in [4.69, 9.17) is 0 Å². The van der Waals surface area contributed by atoms with Crippen molar-refractivity contribution < 1.29 is 24.6 Å². The quantitative estimate of drug-likeness (QED) is 0.568. The molecule has 8 nitrogen and oxygen atoms in total. The maximum absolute atomic E-state index is 13.4. The number of carbonyl (C=O) groups excluding carboxylic acids is 2. The molecule has 1 aromatic rings. The Hall–Kier alpha value is -2.61. The van der Waals surface area contributed by atoms with Crippen molar-refractivity contribution in [2.24, 2.45) is 5.41 Å². The molecular formula is C27H41N3O5. The fourth-order valence-electron chi connectivity index (χ4n) is 5.56. The second-order valence-electron chi connectivity index (χ2n) is 11.8. The number of rotatable bonds is 6. The number of amides is 2. The van der Waals surface area contributed by atoms with Gasteiger partial charge in [-0.1, -0.05) is 20.8 Å². The van der Waals surface area contributed by atoms with Gasteiger partial charge in [-0.15, -0.1) is 0 Å². The highest BCUT2D eigenvalue weighted by Gasteiger charge is 2.52. The van der Waals surface area contributed by atoms with Gasteiger partial charge in [0.15, 0.2) is 0 Å². The monoisotopic (exact) mass is 487 g/mol. The Morgan fingerprint density at radius 1 is 1.20 bits per heavy atom. The van der Waals surface area contributed by atoms with Crippen LogP contribution in [0.3, 0.4) is 0 Å². The smallest absolute Gasteiger partial charge is 0.311 e. The number of nitrogens with one attached hydrogen (secondary N) is 1. The summed E-state index contributed by atoms with van der Waals surface area (Å²) in [6.45, 7) is 12.2. The minimum atomic E-state index is -1.06. The zero-order chi connectivity index (χ0) is 26.3. The molecule has 2 aliphatic rings. The maximum atomic E-state index is 13.4. The van der Waals surface area contributed by atoms with E-state index in [9.17, 15) is 24.6 Å². The summed E-state index contributed by atoms with van der Waals surface area (Å²) in [7, 11) is 2.03. The van der Waals surface area contributed by atoms with Crippen LogP contribution >= 0.6 is 0 Å². The van der Waals surface area contributed by atoms with Gasteiger partial charge in [0.05, 0.1) is 5.41 Å². The first kappa shape index (κ1) is 27.0. The third kappa shape index (κ3) is 5.32. The van der Waals surface area contributed by atoms with Crippen molar-refractivity contribution in [1.82, 2.24) is 15.1 Å². The van der Waals surface area contributed by atoms with Crippen molar-refractivity contribution in [1.29, 1.82) is 0 Å². The number of carboxylic acid groups (broad SMARTS) is 1. The van der Waals surface area contributed by atoms with Gasteiger partial charge in [-0.3, -0.25) is 14.4 Å². The molecule has 1 saturated heterocycles. The summed E-state index contributed by atoms with van der Waals surface area (Å²) in [4.78, 5) is 42.7. The SMILES string of the molecule is CC(C)N(C)[C@@H]1CC[C@H](N2CC[C@H](NC(=O)c3ccc(O)c(C(C)(C)C)c3)C2=O)[C@](C)(C(=O)O)C1. The Morgan fingerprint density at radius 2 is 1.86 bits per heavy atom. The standard InChI is InChI=1S/C27H41N3O5/c1-16(2)29(7)18-9-11-22(27(6,15-18)25(34)35)30-13-12-20(24(30)33)28-23(32)17-8-10-21(31)19(14-17)26(3,4)5/h8,10,14,16,18,20,22,31H,9,11-13,15H2,1-7H3,(H,28,32)(H,34,35)/t18-,20+,22+,27-/m1/s1. The van der Waals surface area contributed by atoms with Crippen LogP contribution in [0.2, 0.25) is 0 Å². The highest BCUT2D eigenvalue weighted by atomic mass is 16.4. The highest BCUT2D eigenvalue weighted by Crippen LogP contribution is 2.42. The van der Waals surface area contributed by atoms with Crippen molar-refractivity contribution in [2.45, 2.75) is 96.8 Å². The highest BCUT2D eigenvalue weighted by molar-refractivity contribution is 5.98. The van der Waals surface area contributed by atoms with E-state index in [0.717, 1.165) is 6.42 Å². The molecule has 0 bridgehead atoms. The van der Waals surface area contributed by atoms with Gasteiger partial charge in [-0.25, -0.2) is 0 Å². The molecule has 1 heterocycles. The van der Waals surface area contributed by atoms with E-state index in [1.54, 1.807) is 24.0 Å². The number of hydrogen-bond donors (Lipinski definition) is 3. The zero-order valence-electron chi connectivity index (χ0n) is 22.1. The van der Waals surface area contributed by atoms with E-state index in [1.807, 2.05) is 27.8 Å². The predicted octanol–water partition coefficient (Wildman–Crippen LogP) is 3.37. The van der Waals surface area contributed by atoms with Crippen LogP contribution in [0.15, 0.2) is 18.2 Å². The first-order valence-corrected chi connectivity index (χ1v) is 12.6. The van der Waals surface area contributed by atoms with Gasteiger partial charge in [-0.2, -0.15) is 0 Å². The second kappa shape index (κ2) is 9.80. The molecule has 2 fully saturated rings. The average Bonchev–Trinajstić information content (AvgIpc) is 3.12. The van der Waals surface area contributed by atoms with Gasteiger partial charge in [-0.05, 0) is 77.1 Å². The average molecular weight is 488 g/mol. The van der Waals surface area contributed by atoms with E-state index >= 15 is 0 Å². The van der Waals surface area contributed by atoms with Crippen LogP contribution in [0.5, 0.6) is 5.75 Å². The van der Waals surface area contributed by atoms with E-state index in [1.165, 1.54) is 6.07 Å². The number of aromatic hydroxyl groups is 1. The molecule has 3 N–H and O–H groups in total. The lowest BCUT2D eigenvalue weighted by atomic mass is 9.68. The number of phenolic OH excluding ortho intramolecular Hbond substituents is 1. The van der Waals surface area contributed by atoms with Gasteiger partial charge >= 0.3 is 5.97 Å².